The van der Waals surface area contributed by atoms with Crippen LogP contribution in [0, 0.1) is 6.92 Å². The number of esters is 1. The van der Waals surface area contributed by atoms with Crippen molar-refractivity contribution in [3.63, 3.8) is 0 Å². The summed E-state index contributed by atoms with van der Waals surface area (Å²) in [4.78, 5) is 16.6. The number of carbonyl (C=O) groups excluding carboxylic acids is 1. The summed E-state index contributed by atoms with van der Waals surface area (Å²) < 4.78 is 19.1. The number of rotatable bonds is 12. The highest BCUT2D eigenvalue weighted by Crippen LogP contribution is 2.39. The molecule has 0 spiro atoms. The lowest BCUT2D eigenvalue weighted by atomic mass is 9.94. The SMILES string of the molecule is CCOCc1nn(C)c(CO)c1-c1c(C)ccc2c(CCCOc3cccc4ccccc34)c(C(=O)OCC)[nH]c12. The highest BCUT2D eigenvalue weighted by Gasteiger charge is 2.26. The van der Waals surface area contributed by atoms with Crippen LogP contribution in [0.5, 0.6) is 5.75 Å². The van der Waals surface area contributed by atoms with E-state index in [1.807, 2.05) is 51.2 Å². The maximum absolute atomic E-state index is 13.1. The number of nitrogens with zero attached hydrogens (tertiary/aromatic N) is 2. The smallest absolute Gasteiger partial charge is 0.355 e. The number of aryl methyl sites for hydroxylation is 3. The van der Waals surface area contributed by atoms with Crippen LogP contribution in [0.4, 0.5) is 0 Å². The van der Waals surface area contributed by atoms with E-state index in [1.165, 1.54) is 0 Å². The first-order chi connectivity index (χ1) is 20.0. The number of aliphatic hydroxyl groups excluding tert-OH is 1. The van der Waals surface area contributed by atoms with Crippen LogP contribution < -0.4 is 4.74 Å². The molecule has 0 bridgehead atoms. The second-order valence-electron chi connectivity index (χ2n) is 10.00. The first-order valence-electron chi connectivity index (χ1n) is 14.1. The molecule has 0 radical (unpaired) electrons. The predicted molar refractivity (Wildman–Crippen MR) is 160 cm³/mol. The number of aliphatic hydroxyl groups is 1. The van der Waals surface area contributed by atoms with E-state index in [9.17, 15) is 9.90 Å². The molecule has 5 rings (SSSR count). The second-order valence-corrected chi connectivity index (χ2v) is 10.00. The van der Waals surface area contributed by atoms with E-state index in [-0.39, 0.29) is 19.2 Å². The molecule has 0 aliphatic rings. The fourth-order valence-corrected chi connectivity index (χ4v) is 5.52. The Bertz CT molecular complexity index is 1680. The molecule has 2 heterocycles. The van der Waals surface area contributed by atoms with Crippen LogP contribution in [0.15, 0.2) is 54.6 Å². The van der Waals surface area contributed by atoms with Gasteiger partial charge in [0, 0.05) is 35.6 Å². The zero-order chi connectivity index (χ0) is 28.9. The Hall–Kier alpha value is -4.14. The van der Waals surface area contributed by atoms with Crippen molar-refractivity contribution in [3.8, 4) is 16.9 Å². The summed E-state index contributed by atoms with van der Waals surface area (Å²) in [6.07, 6.45) is 1.32. The third-order valence-corrected chi connectivity index (χ3v) is 7.43. The van der Waals surface area contributed by atoms with Crippen molar-refractivity contribution in [3.05, 3.63) is 82.8 Å². The largest absolute Gasteiger partial charge is 0.493 e. The molecule has 0 atom stereocenters. The van der Waals surface area contributed by atoms with Crippen molar-refractivity contribution in [2.75, 3.05) is 19.8 Å². The number of ether oxygens (including phenoxy) is 3. The third kappa shape index (κ3) is 5.58. The standard InChI is InChI=1S/C33H37N3O5/c1-5-39-20-26-30(27(19-37)36(4)35-26)29-21(3)16-17-25-24(32(34-31(25)29)33(38)40-6-2)14-10-18-41-28-15-9-12-22-11-7-8-13-23(22)28/h7-9,11-13,15-17,34,37H,5-6,10,14,18-20H2,1-4H3. The average Bonchev–Trinajstić information content (AvgIpc) is 3.50. The molecular weight excluding hydrogens is 518 g/mol. The molecule has 0 aliphatic heterocycles. The van der Waals surface area contributed by atoms with Gasteiger partial charge in [-0.2, -0.15) is 5.10 Å². The Morgan fingerprint density at radius 2 is 1.80 bits per heavy atom. The molecule has 8 nitrogen and oxygen atoms in total. The van der Waals surface area contributed by atoms with Gasteiger partial charge in [-0.1, -0.05) is 48.5 Å². The molecule has 3 aromatic carbocycles. The van der Waals surface area contributed by atoms with Crippen LogP contribution in [0.3, 0.4) is 0 Å². The number of nitrogens with one attached hydrogen (secondary N) is 1. The zero-order valence-corrected chi connectivity index (χ0v) is 24.1. The molecule has 0 saturated carbocycles. The Kier molecular flexibility index (Phi) is 8.71. The molecule has 2 aromatic heterocycles. The molecule has 41 heavy (non-hydrogen) atoms. The fraction of sp³-hybridized carbons (Fsp3) is 0.333. The summed E-state index contributed by atoms with van der Waals surface area (Å²) in [6, 6.07) is 18.3. The number of fused-ring (bicyclic) bond motifs is 2. The minimum Gasteiger partial charge on any atom is -0.493 e. The van der Waals surface area contributed by atoms with Gasteiger partial charge in [-0.3, -0.25) is 4.68 Å². The Labute approximate surface area is 239 Å². The van der Waals surface area contributed by atoms with Crippen LogP contribution in [-0.4, -0.2) is 45.7 Å². The van der Waals surface area contributed by atoms with Crippen molar-refractivity contribution < 1.29 is 24.1 Å². The maximum Gasteiger partial charge on any atom is 0.355 e. The summed E-state index contributed by atoms with van der Waals surface area (Å²) in [7, 11) is 1.82. The highest BCUT2D eigenvalue weighted by molar-refractivity contribution is 6.05. The van der Waals surface area contributed by atoms with E-state index in [4.69, 9.17) is 14.2 Å². The minimum atomic E-state index is -0.389. The molecule has 0 aliphatic carbocycles. The number of hydrogen-bond donors (Lipinski definition) is 2. The molecule has 214 valence electrons. The van der Waals surface area contributed by atoms with Gasteiger partial charge in [-0.15, -0.1) is 0 Å². The van der Waals surface area contributed by atoms with Crippen LogP contribution in [-0.2, 0) is 36.2 Å². The van der Waals surface area contributed by atoms with Crippen molar-refractivity contribution in [1.29, 1.82) is 0 Å². The second kappa shape index (κ2) is 12.6. The van der Waals surface area contributed by atoms with Gasteiger partial charge in [0.15, 0.2) is 0 Å². The van der Waals surface area contributed by atoms with Crippen LogP contribution in [0.1, 0.15) is 53.3 Å². The van der Waals surface area contributed by atoms with E-state index < -0.39 is 0 Å². The maximum atomic E-state index is 13.1. The number of carbonyl (C=O) groups is 1. The van der Waals surface area contributed by atoms with Gasteiger partial charge in [0.1, 0.15) is 11.4 Å². The molecule has 0 amide bonds. The van der Waals surface area contributed by atoms with E-state index in [2.05, 4.69) is 34.3 Å². The van der Waals surface area contributed by atoms with Gasteiger partial charge in [-0.25, -0.2) is 4.79 Å². The topological polar surface area (TPSA) is 98.6 Å². The monoisotopic (exact) mass is 555 g/mol. The number of H-pyrrole nitrogens is 1. The summed E-state index contributed by atoms with van der Waals surface area (Å²) >= 11 is 0. The fourth-order valence-electron chi connectivity index (χ4n) is 5.52. The first-order valence-corrected chi connectivity index (χ1v) is 14.1. The molecule has 0 unspecified atom stereocenters. The van der Waals surface area contributed by atoms with Crippen molar-refractivity contribution in [2.24, 2.45) is 7.05 Å². The molecular formula is C33H37N3O5. The van der Waals surface area contributed by atoms with Crippen molar-refractivity contribution >= 4 is 27.6 Å². The van der Waals surface area contributed by atoms with E-state index in [1.54, 1.807) is 11.6 Å². The van der Waals surface area contributed by atoms with Crippen LogP contribution in [0.2, 0.25) is 0 Å². The first kappa shape index (κ1) is 28.4. The van der Waals surface area contributed by atoms with Crippen LogP contribution >= 0.6 is 0 Å². The Balaban J connectivity index is 1.52. The van der Waals surface area contributed by atoms with Gasteiger partial charge in [0.25, 0.3) is 0 Å². The highest BCUT2D eigenvalue weighted by atomic mass is 16.5. The molecule has 5 aromatic rings. The lowest BCUT2D eigenvalue weighted by Gasteiger charge is -2.12. The summed E-state index contributed by atoms with van der Waals surface area (Å²) in [5.41, 5.74) is 6.31. The zero-order valence-electron chi connectivity index (χ0n) is 24.1. The number of aromatic amines is 1. The van der Waals surface area contributed by atoms with Gasteiger partial charge in [0.05, 0.1) is 43.3 Å². The summed E-state index contributed by atoms with van der Waals surface area (Å²) in [5, 5.41) is 18.1. The molecule has 0 fully saturated rings. The predicted octanol–water partition coefficient (Wildman–Crippen LogP) is 6.25. The number of benzene rings is 3. The van der Waals surface area contributed by atoms with E-state index in [0.29, 0.717) is 44.1 Å². The number of hydrogen-bond acceptors (Lipinski definition) is 6. The van der Waals surface area contributed by atoms with Gasteiger partial charge in [-0.05, 0) is 56.2 Å². The Morgan fingerprint density at radius 1 is 1.00 bits per heavy atom. The lowest BCUT2D eigenvalue weighted by molar-refractivity contribution is 0.0519. The molecule has 8 heteroatoms. The van der Waals surface area contributed by atoms with Gasteiger partial charge >= 0.3 is 5.97 Å². The van der Waals surface area contributed by atoms with Crippen LogP contribution in [0.25, 0.3) is 32.8 Å². The summed E-state index contributed by atoms with van der Waals surface area (Å²) in [6.45, 7) is 7.23. The average molecular weight is 556 g/mol. The molecule has 0 saturated heterocycles. The normalized spacial score (nSPS) is 11.4. The quantitative estimate of drug-likeness (QED) is 0.140. The van der Waals surface area contributed by atoms with Crippen molar-refractivity contribution in [2.45, 2.75) is 46.8 Å². The minimum absolute atomic E-state index is 0.176. The van der Waals surface area contributed by atoms with Crippen molar-refractivity contribution in [1.82, 2.24) is 14.8 Å². The molecule has 2 N–H and O–H groups in total. The summed E-state index contributed by atoms with van der Waals surface area (Å²) in [5.74, 6) is 0.459. The lowest BCUT2D eigenvalue weighted by Crippen LogP contribution is -2.09. The Morgan fingerprint density at radius 3 is 2.59 bits per heavy atom. The number of aromatic nitrogens is 3. The van der Waals surface area contributed by atoms with Gasteiger partial charge < -0.3 is 24.3 Å². The third-order valence-electron chi connectivity index (χ3n) is 7.43. The van der Waals surface area contributed by atoms with E-state index in [0.717, 1.165) is 55.4 Å². The van der Waals surface area contributed by atoms with E-state index >= 15 is 0 Å². The van der Waals surface area contributed by atoms with Gasteiger partial charge in [0.2, 0.25) is 0 Å².